The molecule has 0 bridgehead atoms. The fourth-order valence-corrected chi connectivity index (χ4v) is 2.14. The van der Waals surface area contributed by atoms with Crippen molar-refractivity contribution < 1.29 is 5.11 Å². The zero-order valence-corrected chi connectivity index (χ0v) is 11.6. The number of aromatic nitrogens is 1. The predicted octanol–water partition coefficient (Wildman–Crippen LogP) is 2.91. The van der Waals surface area contributed by atoms with Crippen molar-refractivity contribution in [3.63, 3.8) is 0 Å². The number of likely N-dealkylation sites (N-methyl/N-ethyl adjacent to an activating group) is 1. The van der Waals surface area contributed by atoms with Gasteiger partial charge in [0.1, 0.15) is 0 Å². The van der Waals surface area contributed by atoms with Gasteiger partial charge in [-0.3, -0.25) is 4.98 Å². The van der Waals surface area contributed by atoms with Crippen molar-refractivity contribution in [2.45, 2.75) is 13.0 Å². The van der Waals surface area contributed by atoms with Gasteiger partial charge in [0.2, 0.25) is 0 Å². The Morgan fingerprint density at radius 2 is 2.11 bits per heavy atom. The smallest absolute Gasteiger partial charge is 0.0702 e. The lowest BCUT2D eigenvalue weighted by Gasteiger charge is -2.22. The van der Waals surface area contributed by atoms with E-state index in [2.05, 4.69) is 9.88 Å². The summed E-state index contributed by atoms with van der Waals surface area (Å²) in [5.74, 6) is 0. The van der Waals surface area contributed by atoms with Gasteiger partial charge in [-0.2, -0.15) is 0 Å². The molecule has 0 saturated heterocycles. The lowest BCUT2D eigenvalue weighted by Crippen LogP contribution is -2.22. The standard InChI is InChI=1S/C15H17ClN2O/c1-18(9-7-14-4-2-3-8-17-14)15-10-13(16)6-5-12(15)11-19/h2-6,8,10,19H,7,9,11H2,1H3. The third-order valence-corrected chi connectivity index (χ3v) is 3.29. The molecule has 0 saturated carbocycles. The Balaban J connectivity index is 2.07. The van der Waals surface area contributed by atoms with E-state index >= 15 is 0 Å². The Labute approximate surface area is 118 Å². The minimum atomic E-state index is 0.0143. The van der Waals surface area contributed by atoms with Gasteiger partial charge < -0.3 is 10.0 Å². The third-order valence-electron chi connectivity index (χ3n) is 3.06. The first-order valence-corrected chi connectivity index (χ1v) is 6.59. The minimum Gasteiger partial charge on any atom is -0.392 e. The van der Waals surface area contributed by atoms with E-state index in [-0.39, 0.29) is 6.61 Å². The number of aliphatic hydroxyl groups excluding tert-OH is 1. The van der Waals surface area contributed by atoms with Crippen LogP contribution in [0.15, 0.2) is 42.6 Å². The number of hydrogen-bond acceptors (Lipinski definition) is 3. The maximum atomic E-state index is 9.36. The highest BCUT2D eigenvalue weighted by Crippen LogP contribution is 2.24. The van der Waals surface area contributed by atoms with Crippen molar-refractivity contribution in [2.24, 2.45) is 0 Å². The Morgan fingerprint density at radius 1 is 1.26 bits per heavy atom. The first-order chi connectivity index (χ1) is 9.20. The molecule has 0 aliphatic rings. The molecule has 2 rings (SSSR count). The SMILES string of the molecule is CN(CCc1ccccn1)c1cc(Cl)ccc1CO. The van der Waals surface area contributed by atoms with Crippen LogP contribution in [0.3, 0.4) is 0 Å². The molecule has 2 aromatic rings. The fraction of sp³-hybridized carbons (Fsp3) is 0.267. The van der Waals surface area contributed by atoms with Gasteiger partial charge >= 0.3 is 0 Å². The van der Waals surface area contributed by atoms with Crippen LogP contribution in [0.25, 0.3) is 0 Å². The molecule has 0 unspecified atom stereocenters. The Bertz CT molecular complexity index is 531. The van der Waals surface area contributed by atoms with Crippen LogP contribution in [0.5, 0.6) is 0 Å². The maximum Gasteiger partial charge on any atom is 0.0702 e. The molecule has 1 aromatic heterocycles. The number of aliphatic hydroxyl groups is 1. The highest BCUT2D eigenvalue weighted by molar-refractivity contribution is 6.30. The maximum absolute atomic E-state index is 9.36. The summed E-state index contributed by atoms with van der Waals surface area (Å²) in [5.41, 5.74) is 2.90. The molecule has 0 aliphatic carbocycles. The van der Waals surface area contributed by atoms with E-state index in [4.69, 9.17) is 11.6 Å². The molecule has 0 radical (unpaired) electrons. The molecular weight excluding hydrogens is 260 g/mol. The Morgan fingerprint density at radius 3 is 2.79 bits per heavy atom. The minimum absolute atomic E-state index is 0.0143. The summed E-state index contributed by atoms with van der Waals surface area (Å²) in [7, 11) is 1.99. The van der Waals surface area contributed by atoms with Gasteiger partial charge in [0, 0.05) is 48.2 Å². The van der Waals surface area contributed by atoms with Crippen LogP contribution in [-0.4, -0.2) is 23.7 Å². The van der Waals surface area contributed by atoms with E-state index in [1.807, 2.05) is 37.4 Å². The molecule has 19 heavy (non-hydrogen) atoms. The molecular formula is C15H17ClN2O. The first-order valence-electron chi connectivity index (χ1n) is 6.21. The largest absolute Gasteiger partial charge is 0.392 e. The predicted molar refractivity (Wildman–Crippen MR) is 78.6 cm³/mol. The van der Waals surface area contributed by atoms with Crippen LogP contribution >= 0.6 is 11.6 Å². The molecule has 4 heteroatoms. The molecule has 0 amide bonds. The molecule has 0 atom stereocenters. The molecule has 100 valence electrons. The first kappa shape index (κ1) is 13.8. The van der Waals surface area contributed by atoms with Crippen molar-refractivity contribution in [3.8, 4) is 0 Å². The van der Waals surface area contributed by atoms with E-state index in [0.717, 1.165) is 29.9 Å². The molecule has 1 heterocycles. The summed E-state index contributed by atoms with van der Waals surface area (Å²) in [6, 6.07) is 11.4. The van der Waals surface area contributed by atoms with Crippen LogP contribution < -0.4 is 4.90 Å². The summed E-state index contributed by atoms with van der Waals surface area (Å²) < 4.78 is 0. The third kappa shape index (κ3) is 3.69. The Kier molecular flexibility index (Phi) is 4.77. The van der Waals surface area contributed by atoms with Crippen LogP contribution in [0.2, 0.25) is 5.02 Å². The van der Waals surface area contributed by atoms with Crippen LogP contribution in [0, 0.1) is 0 Å². The summed E-state index contributed by atoms with van der Waals surface area (Å²) in [6.07, 6.45) is 2.66. The molecule has 0 aliphatic heterocycles. The highest BCUT2D eigenvalue weighted by Gasteiger charge is 2.08. The van der Waals surface area contributed by atoms with Crippen molar-refractivity contribution >= 4 is 17.3 Å². The number of halogens is 1. The van der Waals surface area contributed by atoms with Gasteiger partial charge in [0.05, 0.1) is 6.61 Å². The summed E-state index contributed by atoms with van der Waals surface area (Å²) >= 11 is 6.01. The van der Waals surface area contributed by atoms with E-state index in [1.165, 1.54) is 0 Å². The van der Waals surface area contributed by atoms with Gasteiger partial charge in [-0.15, -0.1) is 0 Å². The second-order valence-corrected chi connectivity index (χ2v) is 4.86. The number of pyridine rings is 1. The number of benzene rings is 1. The van der Waals surface area contributed by atoms with Crippen molar-refractivity contribution in [2.75, 3.05) is 18.5 Å². The lowest BCUT2D eigenvalue weighted by molar-refractivity contribution is 0.282. The van der Waals surface area contributed by atoms with Crippen LogP contribution in [0.1, 0.15) is 11.3 Å². The van der Waals surface area contributed by atoms with E-state index in [0.29, 0.717) is 5.02 Å². The van der Waals surface area contributed by atoms with E-state index < -0.39 is 0 Å². The summed E-state index contributed by atoms with van der Waals surface area (Å²) in [5, 5.41) is 10.0. The zero-order chi connectivity index (χ0) is 13.7. The monoisotopic (exact) mass is 276 g/mol. The van der Waals surface area contributed by atoms with E-state index in [1.54, 1.807) is 12.3 Å². The molecule has 1 aromatic carbocycles. The molecule has 3 nitrogen and oxygen atoms in total. The quantitative estimate of drug-likeness (QED) is 0.912. The second kappa shape index (κ2) is 6.55. The normalized spacial score (nSPS) is 10.5. The Hall–Kier alpha value is -1.58. The average Bonchev–Trinajstić information content (AvgIpc) is 2.46. The number of anilines is 1. The van der Waals surface area contributed by atoms with Gasteiger partial charge in [-0.05, 0) is 24.3 Å². The number of hydrogen-bond donors (Lipinski definition) is 1. The van der Waals surface area contributed by atoms with Crippen molar-refractivity contribution in [1.82, 2.24) is 4.98 Å². The van der Waals surface area contributed by atoms with Crippen LogP contribution in [0.4, 0.5) is 5.69 Å². The van der Waals surface area contributed by atoms with E-state index in [9.17, 15) is 5.11 Å². The van der Waals surface area contributed by atoms with Gasteiger partial charge in [-0.1, -0.05) is 23.7 Å². The zero-order valence-electron chi connectivity index (χ0n) is 10.9. The molecule has 0 spiro atoms. The molecule has 0 fully saturated rings. The van der Waals surface area contributed by atoms with Gasteiger partial charge in [-0.25, -0.2) is 0 Å². The number of rotatable bonds is 5. The summed E-state index contributed by atoms with van der Waals surface area (Å²) in [4.78, 5) is 6.39. The number of nitrogens with zero attached hydrogens (tertiary/aromatic N) is 2. The second-order valence-electron chi connectivity index (χ2n) is 4.42. The molecule has 1 N–H and O–H groups in total. The van der Waals surface area contributed by atoms with Crippen molar-refractivity contribution in [1.29, 1.82) is 0 Å². The van der Waals surface area contributed by atoms with Gasteiger partial charge in [0.15, 0.2) is 0 Å². The van der Waals surface area contributed by atoms with Crippen LogP contribution in [-0.2, 0) is 13.0 Å². The van der Waals surface area contributed by atoms with Crippen molar-refractivity contribution in [3.05, 3.63) is 58.9 Å². The summed E-state index contributed by atoms with van der Waals surface area (Å²) in [6.45, 7) is 0.838. The highest BCUT2D eigenvalue weighted by atomic mass is 35.5. The lowest BCUT2D eigenvalue weighted by atomic mass is 10.1. The fourth-order valence-electron chi connectivity index (χ4n) is 1.97. The topological polar surface area (TPSA) is 36.4 Å². The van der Waals surface area contributed by atoms with Gasteiger partial charge in [0.25, 0.3) is 0 Å². The average molecular weight is 277 g/mol.